The number of amides is 1. The Morgan fingerprint density at radius 1 is 1.53 bits per heavy atom. The summed E-state index contributed by atoms with van der Waals surface area (Å²) in [5, 5.41) is 14.8. The van der Waals surface area contributed by atoms with Crippen molar-refractivity contribution in [2.75, 3.05) is 13.1 Å². The van der Waals surface area contributed by atoms with Crippen LogP contribution in [-0.2, 0) is 4.79 Å². The molecule has 2 N–H and O–H groups in total. The minimum atomic E-state index is 0.00981. The van der Waals surface area contributed by atoms with Crippen molar-refractivity contribution >= 4 is 5.91 Å². The maximum Gasteiger partial charge on any atom is 0.234 e. The standard InChI is InChI=1S/C11H19N3O/c1-2-6-13-8-11(15)14-10-5-3-4-9(10)7-12/h9-10,13H,2-6,8H2,1H3,(H,14,15). The molecule has 1 aliphatic rings. The smallest absolute Gasteiger partial charge is 0.234 e. The topological polar surface area (TPSA) is 64.9 Å². The predicted octanol–water partition coefficient (Wildman–Crippen LogP) is 0.794. The number of nitrogens with zero attached hydrogens (tertiary/aromatic N) is 1. The van der Waals surface area contributed by atoms with E-state index in [1.54, 1.807) is 0 Å². The van der Waals surface area contributed by atoms with Crippen LogP contribution in [0.2, 0.25) is 0 Å². The lowest BCUT2D eigenvalue weighted by Crippen LogP contribution is -2.41. The molecule has 0 aromatic carbocycles. The van der Waals surface area contributed by atoms with Crippen LogP contribution in [0.1, 0.15) is 32.6 Å². The van der Waals surface area contributed by atoms with Crippen LogP contribution in [0.25, 0.3) is 0 Å². The fourth-order valence-electron chi connectivity index (χ4n) is 1.92. The molecule has 0 spiro atoms. The van der Waals surface area contributed by atoms with Gasteiger partial charge in [-0.2, -0.15) is 5.26 Å². The third-order valence-electron chi connectivity index (χ3n) is 2.74. The summed E-state index contributed by atoms with van der Waals surface area (Å²) in [5.41, 5.74) is 0. The number of carbonyl (C=O) groups excluding carboxylic acids is 1. The van der Waals surface area contributed by atoms with Crippen molar-refractivity contribution in [2.24, 2.45) is 5.92 Å². The molecule has 0 heterocycles. The molecule has 0 aromatic heterocycles. The second-order valence-corrected chi connectivity index (χ2v) is 4.02. The van der Waals surface area contributed by atoms with E-state index in [2.05, 4.69) is 23.6 Å². The molecule has 4 nitrogen and oxygen atoms in total. The van der Waals surface area contributed by atoms with Crippen molar-refractivity contribution in [3.63, 3.8) is 0 Å². The second kappa shape index (κ2) is 6.41. The molecule has 0 aromatic rings. The average Bonchev–Trinajstić information content (AvgIpc) is 2.65. The highest BCUT2D eigenvalue weighted by Gasteiger charge is 2.27. The molecular weight excluding hydrogens is 190 g/mol. The Morgan fingerprint density at radius 2 is 2.33 bits per heavy atom. The quantitative estimate of drug-likeness (QED) is 0.658. The molecule has 2 unspecified atom stereocenters. The molecule has 0 aliphatic heterocycles. The van der Waals surface area contributed by atoms with Gasteiger partial charge in [0, 0.05) is 6.04 Å². The van der Waals surface area contributed by atoms with Gasteiger partial charge < -0.3 is 10.6 Å². The van der Waals surface area contributed by atoms with Gasteiger partial charge in [-0.15, -0.1) is 0 Å². The van der Waals surface area contributed by atoms with Crippen molar-refractivity contribution in [2.45, 2.75) is 38.6 Å². The third kappa shape index (κ3) is 3.88. The summed E-state index contributed by atoms with van der Waals surface area (Å²) in [6.07, 6.45) is 3.94. The first-order chi connectivity index (χ1) is 7.27. The van der Waals surface area contributed by atoms with Crippen molar-refractivity contribution in [3.05, 3.63) is 0 Å². The molecule has 1 aliphatic carbocycles. The van der Waals surface area contributed by atoms with Crippen LogP contribution in [0.15, 0.2) is 0 Å². The van der Waals surface area contributed by atoms with Gasteiger partial charge in [-0.05, 0) is 32.2 Å². The summed E-state index contributed by atoms with van der Waals surface area (Å²) >= 11 is 0. The summed E-state index contributed by atoms with van der Waals surface area (Å²) in [6, 6.07) is 2.33. The number of rotatable bonds is 5. The van der Waals surface area contributed by atoms with Crippen LogP contribution < -0.4 is 10.6 Å². The molecule has 15 heavy (non-hydrogen) atoms. The lowest BCUT2D eigenvalue weighted by molar-refractivity contribution is -0.121. The van der Waals surface area contributed by atoms with E-state index in [1.165, 1.54) is 0 Å². The van der Waals surface area contributed by atoms with Crippen LogP contribution >= 0.6 is 0 Å². The molecule has 1 saturated carbocycles. The molecule has 0 bridgehead atoms. The Labute approximate surface area is 91.0 Å². The van der Waals surface area contributed by atoms with Gasteiger partial charge in [0.15, 0.2) is 0 Å². The molecule has 84 valence electrons. The SMILES string of the molecule is CCCNCC(=O)NC1CCCC1C#N. The van der Waals surface area contributed by atoms with Crippen LogP contribution in [0.5, 0.6) is 0 Å². The highest BCUT2D eigenvalue weighted by atomic mass is 16.1. The number of carbonyl (C=O) groups is 1. The second-order valence-electron chi connectivity index (χ2n) is 4.02. The predicted molar refractivity (Wildman–Crippen MR) is 58.0 cm³/mol. The summed E-state index contributed by atoms with van der Waals surface area (Å²) in [6.45, 7) is 3.29. The van der Waals surface area contributed by atoms with Crippen molar-refractivity contribution in [3.8, 4) is 6.07 Å². The van der Waals surface area contributed by atoms with Crippen LogP contribution in [0.4, 0.5) is 0 Å². The molecule has 1 rings (SSSR count). The Morgan fingerprint density at radius 3 is 3.00 bits per heavy atom. The highest BCUT2D eigenvalue weighted by Crippen LogP contribution is 2.24. The molecule has 0 radical (unpaired) electrons. The van der Waals surface area contributed by atoms with E-state index < -0.39 is 0 Å². The van der Waals surface area contributed by atoms with E-state index in [4.69, 9.17) is 5.26 Å². The highest BCUT2D eigenvalue weighted by molar-refractivity contribution is 5.78. The Balaban J connectivity index is 2.22. The maximum atomic E-state index is 11.5. The van der Waals surface area contributed by atoms with Gasteiger partial charge in [0.25, 0.3) is 0 Å². The third-order valence-corrected chi connectivity index (χ3v) is 2.74. The first kappa shape index (κ1) is 12.0. The van der Waals surface area contributed by atoms with E-state index >= 15 is 0 Å². The summed E-state index contributed by atoms with van der Waals surface area (Å²) < 4.78 is 0. The van der Waals surface area contributed by atoms with E-state index in [0.29, 0.717) is 6.54 Å². The Hall–Kier alpha value is -1.08. The van der Waals surface area contributed by atoms with Gasteiger partial charge >= 0.3 is 0 Å². The molecule has 0 saturated heterocycles. The number of nitrogens with one attached hydrogen (secondary N) is 2. The molecule has 2 atom stereocenters. The van der Waals surface area contributed by atoms with Gasteiger partial charge in [-0.1, -0.05) is 6.92 Å². The average molecular weight is 209 g/mol. The van der Waals surface area contributed by atoms with Crippen LogP contribution in [0.3, 0.4) is 0 Å². The monoisotopic (exact) mass is 209 g/mol. The van der Waals surface area contributed by atoms with E-state index in [9.17, 15) is 4.79 Å². The zero-order valence-electron chi connectivity index (χ0n) is 9.25. The molecule has 1 fully saturated rings. The zero-order chi connectivity index (χ0) is 11.1. The first-order valence-electron chi connectivity index (χ1n) is 5.67. The summed E-state index contributed by atoms with van der Waals surface area (Å²) in [7, 11) is 0. The van der Waals surface area contributed by atoms with Crippen molar-refractivity contribution in [1.29, 1.82) is 5.26 Å². The van der Waals surface area contributed by atoms with E-state index in [1.807, 2.05) is 0 Å². The lowest BCUT2D eigenvalue weighted by atomic mass is 10.1. The molecule has 1 amide bonds. The summed E-state index contributed by atoms with van der Waals surface area (Å²) in [5.74, 6) is 0.0238. The molecular formula is C11H19N3O. The largest absolute Gasteiger partial charge is 0.351 e. The fourth-order valence-corrected chi connectivity index (χ4v) is 1.92. The Kier molecular flexibility index (Phi) is 5.13. The first-order valence-corrected chi connectivity index (χ1v) is 5.67. The number of nitriles is 1. The summed E-state index contributed by atoms with van der Waals surface area (Å²) in [4.78, 5) is 11.5. The molecule has 4 heteroatoms. The normalized spacial score (nSPS) is 24.8. The van der Waals surface area contributed by atoms with E-state index in [0.717, 1.165) is 32.2 Å². The minimum absolute atomic E-state index is 0.00981. The van der Waals surface area contributed by atoms with Gasteiger partial charge in [0.1, 0.15) is 0 Å². The Bertz CT molecular complexity index is 247. The van der Waals surface area contributed by atoms with Crippen LogP contribution in [0, 0.1) is 17.2 Å². The number of hydrogen-bond acceptors (Lipinski definition) is 3. The van der Waals surface area contributed by atoms with Gasteiger partial charge in [-0.3, -0.25) is 4.79 Å². The number of hydrogen-bond donors (Lipinski definition) is 2. The lowest BCUT2D eigenvalue weighted by Gasteiger charge is -2.15. The van der Waals surface area contributed by atoms with Crippen LogP contribution in [-0.4, -0.2) is 25.0 Å². The minimum Gasteiger partial charge on any atom is -0.351 e. The van der Waals surface area contributed by atoms with Crippen molar-refractivity contribution in [1.82, 2.24) is 10.6 Å². The van der Waals surface area contributed by atoms with Crippen molar-refractivity contribution < 1.29 is 4.79 Å². The maximum absolute atomic E-state index is 11.5. The van der Waals surface area contributed by atoms with Gasteiger partial charge in [0.2, 0.25) is 5.91 Å². The van der Waals surface area contributed by atoms with Gasteiger partial charge in [-0.25, -0.2) is 0 Å². The van der Waals surface area contributed by atoms with E-state index in [-0.39, 0.29) is 17.9 Å². The van der Waals surface area contributed by atoms with Gasteiger partial charge in [0.05, 0.1) is 18.5 Å². The fraction of sp³-hybridized carbons (Fsp3) is 0.818. The zero-order valence-corrected chi connectivity index (χ0v) is 9.25.